The van der Waals surface area contributed by atoms with Crippen LogP contribution in [-0.4, -0.2) is 6.54 Å². The van der Waals surface area contributed by atoms with Crippen molar-refractivity contribution in [3.05, 3.63) is 78.2 Å². The Morgan fingerprint density at radius 1 is 0.880 bits per heavy atom. The number of hydrogen-bond acceptors (Lipinski definition) is 1. The van der Waals surface area contributed by atoms with Crippen molar-refractivity contribution in [1.29, 1.82) is 0 Å². The van der Waals surface area contributed by atoms with Crippen LogP contribution in [0.5, 0.6) is 0 Å². The Bertz CT molecular complexity index is 1080. The Balaban J connectivity index is 2.03. The molecule has 0 atom stereocenters. The van der Waals surface area contributed by atoms with Crippen LogP contribution in [0.15, 0.2) is 77.2 Å². The van der Waals surface area contributed by atoms with Crippen molar-refractivity contribution in [3.8, 4) is 11.3 Å². The predicted octanol–water partition coefficient (Wildman–Crippen LogP) is 4.03. The molecule has 0 unspecified atom stereocenters. The fourth-order valence-electron chi connectivity index (χ4n) is 3.25. The first kappa shape index (κ1) is 15.6. The second-order valence-corrected chi connectivity index (χ2v) is 6.33. The maximum Gasteiger partial charge on any atom is 0.213 e. The lowest BCUT2D eigenvalue weighted by atomic mass is 10.0. The lowest BCUT2D eigenvalue weighted by Crippen LogP contribution is -2.76. The van der Waals surface area contributed by atoms with Gasteiger partial charge in [-0.25, -0.2) is 4.99 Å². The van der Waals surface area contributed by atoms with E-state index in [4.69, 9.17) is 4.42 Å². The van der Waals surface area contributed by atoms with Gasteiger partial charge in [-0.05, 0) is 16.8 Å². The molecule has 0 radical (unpaired) electrons. The second-order valence-electron chi connectivity index (χ2n) is 6.33. The van der Waals surface area contributed by atoms with E-state index in [1.165, 1.54) is 17.2 Å². The molecule has 1 N–H and O–H groups in total. The zero-order chi connectivity index (χ0) is 17.1. The highest BCUT2D eigenvalue weighted by molar-refractivity contribution is 6.05. The molecule has 0 bridgehead atoms. The fourth-order valence-corrected chi connectivity index (χ4v) is 3.25. The van der Waals surface area contributed by atoms with Crippen LogP contribution in [0, 0.1) is 0 Å². The summed E-state index contributed by atoms with van der Waals surface area (Å²) in [4.78, 5) is 3.63. The Kier molecular flexibility index (Phi) is 4.34. The van der Waals surface area contributed by atoms with Gasteiger partial charge in [0.15, 0.2) is 0 Å². The smallest absolute Gasteiger partial charge is 0.213 e. The molecule has 2 heteroatoms. The lowest BCUT2D eigenvalue weighted by Gasteiger charge is -2.06. The summed E-state index contributed by atoms with van der Waals surface area (Å²) in [6, 6.07) is 25.1. The third kappa shape index (κ3) is 3.08. The van der Waals surface area contributed by atoms with Crippen molar-refractivity contribution in [2.45, 2.75) is 19.8 Å². The van der Waals surface area contributed by atoms with Gasteiger partial charge in [-0.2, -0.15) is 0 Å². The zero-order valence-electron chi connectivity index (χ0n) is 14.5. The van der Waals surface area contributed by atoms with Crippen molar-refractivity contribution in [2.75, 3.05) is 6.54 Å². The molecule has 124 valence electrons. The van der Waals surface area contributed by atoms with Gasteiger partial charge in [-0.1, -0.05) is 74.0 Å². The second kappa shape index (κ2) is 6.94. The quantitative estimate of drug-likeness (QED) is 0.444. The highest BCUT2D eigenvalue weighted by atomic mass is 16.3. The van der Waals surface area contributed by atoms with E-state index in [1.807, 2.05) is 18.2 Å². The number of unbranched alkanes of at least 4 members (excludes halogenated alkanes) is 1. The number of hydrogen-bond donors (Lipinski definition) is 1. The van der Waals surface area contributed by atoms with Crippen molar-refractivity contribution in [1.82, 2.24) is 0 Å². The van der Waals surface area contributed by atoms with Gasteiger partial charge in [-0.15, -0.1) is 0 Å². The third-order valence-electron chi connectivity index (χ3n) is 4.56. The zero-order valence-corrected chi connectivity index (χ0v) is 14.5. The standard InChI is InChI=1S/C23H21NO/c1-2-3-15-24-20-16-22(18-10-5-4-6-11-18)25-21-14-13-17-9-7-8-12-19(17)23(20)21/h4-14,16H,2-3,15H2,1H3/p+1. The van der Waals surface area contributed by atoms with E-state index in [0.29, 0.717) is 0 Å². The van der Waals surface area contributed by atoms with E-state index < -0.39 is 0 Å². The summed E-state index contributed by atoms with van der Waals surface area (Å²) in [7, 11) is 0. The van der Waals surface area contributed by atoms with Gasteiger partial charge < -0.3 is 4.42 Å². The molecule has 0 fully saturated rings. The first-order valence-corrected chi connectivity index (χ1v) is 8.94. The molecule has 4 rings (SSSR count). The van der Waals surface area contributed by atoms with Crippen molar-refractivity contribution in [3.63, 3.8) is 0 Å². The van der Waals surface area contributed by atoms with E-state index >= 15 is 0 Å². The van der Waals surface area contributed by atoms with Crippen LogP contribution in [0.3, 0.4) is 0 Å². The first-order valence-electron chi connectivity index (χ1n) is 8.94. The minimum atomic E-state index is 0.891. The summed E-state index contributed by atoms with van der Waals surface area (Å²) >= 11 is 0. The Morgan fingerprint density at radius 3 is 2.52 bits per heavy atom. The molecule has 0 aliphatic carbocycles. The Morgan fingerprint density at radius 2 is 1.68 bits per heavy atom. The van der Waals surface area contributed by atoms with Gasteiger partial charge in [0.1, 0.15) is 17.9 Å². The topological polar surface area (TPSA) is 27.1 Å². The van der Waals surface area contributed by atoms with Crippen LogP contribution in [0.4, 0.5) is 0 Å². The van der Waals surface area contributed by atoms with Gasteiger partial charge in [0.2, 0.25) is 5.36 Å². The number of nitrogens with one attached hydrogen (secondary N) is 1. The molecule has 0 amide bonds. The molecule has 0 spiro atoms. The molecule has 1 heterocycles. The summed E-state index contributed by atoms with van der Waals surface area (Å²) in [5, 5.41) is 4.76. The molecule has 0 saturated heterocycles. The molecule has 2 nitrogen and oxygen atoms in total. The molecule has 4 aromatic rings. The van der Waals surface area contributed by atoms with Crippen LogP contribution in [0.25, 0.3) is 33.1 Å². The number of benzene rings is 3. The molecule has 3 aromatic carbocycles. The van der Waals surface area contributed by atoms with E-state index in [-0.39, 0.29) is 0 Å². The largest absolute Gasteiger partial charge is 0.456 e. The highest BCUT2D eigenvalue weighted by Crippen LogP contribution is 2.26. The summed E-state index contributed by atoms with van der Waals surface area (Å²) in [5.41, 5.74) is 2.01. The van der Waals surface area contributed by atoms with Crippen molar-refractivity contribution < 1.29 is 9.41 Å². The van der Waals surface area contributed by atoms with Crippen LogP contribution < -0.4 is 10.3 Å². The highest BCUT2D eigenvalue weighted by Gasteiger charge is 2.11. The van der Waals surface area contributed by atoms with Crippen molar-refractivity contribution >= 4 is 21.7 Å². The summed E-state index contributed by atoms with van der Waals surface area (Å²) in [5.74, 6) is 0.891. The Labute approximate surface area is 147 Å². The lowest BCUT2D eigenvalue weighted by molar-refractivity contribution is -0.499. The van der Waals surface area contributed by atoms with Gasteiger partial charge in [-0.3, -0.25) is 0 Å². The summed E-state index contributed by atoms with van der Waals surface area (Å²) in [6.07, 6.45) is 2.33. The molecule has 0 saturated carbocycles. The van der Waals surface area contributed by atoms with Gasteiger partial charge in [0.05, 0.1) is 11.5 Å². The Hall–Kier alpha value is -2.87. The minimum Gasteiger partial charge on any atom is -0.456 e. The van der Waals surface area contributed by atoms with E-state index in [1.54, 1.807) is 0 Å². The van der Waals surface area contributed by atoms with Gasteiger partial charge in [0, 0.05) is 12.0 Å². The predicted molar refractivity (Wildman–Crippen MR) is 103 cm³/mol. The maximum absolute atomic E-state index is 6.26. The fraction of sp³-hybridized carbons (Fsp3) is 0.174. The van der Waals surface area contributed by atoms with Crippen molar-refractivity contribution in [2.24, 2.45) is 0 Å². The molecular formula is C23H22NO+. The summed E-state index contributed by atoms with van der Waals surface area (Å²) in [6.45, 7) is 3.18. The van der Waals surface area contributed by atoms with Crippen LogP contribution in [0.2, 0.25) is 0 Å². The van der Waals surface area contributed by atoms with Gasteiger partial charge >= 0.3 is 0 Å². The minimum absolute atomic E-state index is 0.891. The monoisotopic (exact) mass is 328 g/mol. The normalized spacial score (nSPS) is 12.1. The molecule has 1 aromatic heterocycles. The third-order valence-corrected chi connectivity index (χ3v) is 4.56. The number of rotatable bonds is 4. The van der Waals surface area contributed by atoms with Gasteiger partial charge in [0.25, 0.3) is 0 Å². The number of fused-ring (bicyclic) bond motifs is 3. The average Bonchev–Trinajstić information content (AvgIpc) is 2.68. The van der Waals surface area contributed by atoms with Crippen LogP contribution in [-0.2, 0) is 0 Å². The molecular weight excluding hydrogens is 306 g/mol. The van der Waals surface area contributed by atoms with Crippen LogP contribution in [0.1, 0.15) is 19.8 Å². The van der Waals surface area contributed by atoms with E-state index in [0.717, 1.165) is 40.6 Å². The van der Waals surface area contributed by atoms with E-state index in [9.17, 15) is 0 Å². The average molecular weight is 328 g/mol. The molecule has 25 heavy (non-hydrogen) atoms. The SMILES string of the molecule is CCCC[NH+]=c1cc(-c2ccccc2)oc2ccc3ccccc3c12. The van der Waals surface area contributed by atoms with Crippen LogP contribution >= 0.6 is 0 Å². The maximum atomic E-state index is 6.26. The molecule has 0 aliphatic rings. The summed E-state index contributed by atoms with van der Waals surface area (Å²) < 4.78 is 6.26. The molecule has 0 aliphatic heterocycles. The first-order chi connectivity index (χ1) is 12.4. The van der Waals surface area contributed by atoms with E-state index in [2.05, 4.69) is 66.5 Å².